The highest BCUT2D eigenvalue weighted by Gasteiger charge is 2.35. The van der Waals surface area contributed by atoms with E-state index in [0.717, 1.165) is 12.0 Å². The molecule has 2 saturated heterocycles. The third kappa shape index (κ3) is 4.44. The van der Waals surface area contributed by atoms with Gasteiger partial charge in [0.05, 0.1) is 11.9 Å². The number of sulfonamides is 1. The zero-order chi connectivity index (χ0) is 20.6. The Labute approximate surface area is 173 Å². The maximum atomic E-state index is 12.9. The first-order valence-electron chi connectivity index (χ1n) is 9.69. The molecule has 0 spiro atoms. The molecule has 0 aromatic carbocycles. The van der Waals surface area contributed by atoms with Gasteiger partial charge in [0.1, 0.15) is 5.82 Å². The molecule has 4 heterocycles. The molecule has 156 valence electrons. The summed E-state index contributed by atoms with van der Waals surface area (Å²) in [6.45, 7) is 1.94. The van der Waals surface area contributed by atoms with Crippen molar-refractivity contribution in [2.24, 2.45) is 5.92 Å². The van der Waals surface area contributed by atoms with E-state index in [1.54, 1.807) is 11.3 Å². The molecule has 1 N–H and O–H groups in total. The Morgan fingerprint density at radius 3 is 2.66 bits per heavy atom. The molecule has 2 aromatic rings. The molecule has 4 rings (SSSR count). The lowest BCUT2D eigenvalue weighted by atomic mass is 9.96. The van der Waals surface area contributed by atoms with Crippen LogP contribution in [0.4, 0.5) is 0 Å². The first kappa shape index (κ1) is 20.2. The minimum Gasteiger partial charge on any atom is -0.342 e. The fourth-order valence-electron chi connectivity index (χ4n) is 4.10. The molecule has 2 aliphatic heterocycles. The first-order chi connectivity index (χ1) is 13.8. The Morgan fingerprint density at radius 1 is 1.24 bits per heavy atom. The summed E-state index contributed by atoms with van der Waals surface area (Å²) in [5, 5.41) is 3.90. The maximum Gasteiger partial charge on any atom is 0.251 e. The summed E-state index contributed by atoms with van der Waals surface area (Å²) in [4.78, 5) is 34.3. The zero-order valence-electron chi connectivity index (χ0n) is 16.2. The number of thiophene rings is 1. The topological polar surface area (TPSA) is 103 Å². The van der Waals surface area contributed by atoms with Crippen LogP contribution in [0.15, 0.2) is 27.7 Å². The van der Waals surface area contributed by atoms with Crippen LogP contribution in [0.5, 0.6) is 0 Å². The van der Waals surface area contributed by atoms with Gasteiger partial charge >= 0.3 is 0 Å². The summed E-state index contributed by atoms with van der Waals surface area (Å²) in [7, 11) is -3.20. The molecule has 0 radical (unpaired) electrons. The largest absolute Gasteiger partial charge is 0.342 e. The molecule has 2 aliphatic rings. The molecule has 1 amide bonds. The monoisotopic (exact) mass is 436 g/mol. The maximum absolute atomic E-state index is 12.9. The third-order valence-corrected chi connectivity index (χ3v) is 7.72. The summed E-state index contributed by atoms with van der Waals surface area (Å²) in [6.07, 6.45) is 3.06. The van der Waals surface area contributed by atoms with Crippen LogP contribution in [0.2, 0.25) is 0 Å². The number of piperidine rings is 1. The van der Waals surface area contributed by atoms with Crippen LogP contribution in [0.1, 0.15) is 31.0 Å². The van der Waals surface area contributed by atoms with Crippen LogP contribution >= 0.6 is 11.3 Å². The second-order valence-electron chi connectivity index (χ2n) is 7.73. The Hall–Kier alpha value is -2.04. The van der Waals surface area contributed by atoms with E-state index in [0.29, 0.717) is 50.5 Å². The molecule has 0 unspecified atom stereocenters. The number of likely N-dealkylation sites (tertiary alicyclic amines) is 1. The number of aromatic nitrogens is 2. The number of carbonyl (C=O) groups is 1. The van der Waals surface area contributed by atoms with Crippen molar-refractivity contribution in [2.45, 2.75) is 25.2 Å². The van der Waals surface area contributed by atoms with Gasteiger partial charge in [-0.1, -0.05) is 0 Å². The van der Waals surface area contributed by atoms with Crippen LogP contribution in [0.3, 0.4) is 0 Å². The van der Waals surface area contributed by atoms with E-state index in [2.05, 4.69) is 9.97 Å². The van der Waals surface area contributed by atoms with E-state index in [9.17, 15) is 18.0 Å². The van der Waals surface area contributed by atoms with E-state index >= 15 is 0 Å². The van der Waals surface area contributed by atoms with Gasteiger partial charge in [0, 0.05) is 55.0 Å². The lowest BCUT2D eigenvalue weighted by Crippen LogP contribution is -2.43. The summed E-state index contributed by atoms with van der Waals surface area (Å²) in [5.74, 6) is 0.565. The molecule has 0 aliphatic carbocycles. The van der Waals surface area contributed by atoms with Crippen LogP contribution in [0.25, 0.3) is 11.3 Å². The van der Waals surface area contributed by atoms with Gasteiger partial charge in [0.15, 0.2) is 0 Å². The molecule has 0 saturated carbocycles. The number of aromatic amines is 1. The summed E-state index contributed by atoms with van der Waals surface area (Å²) in [6, 6.07) is 3.43. The number of nitrogens with zero attached hydrogens (tertiary/aromatic N) is 3. The number of carbonyl (C=O) groups excluding carboxylic acids is 1. The number of rotatable bonds is 4. The fraction of sp³-hybridized carbons (Fsp3) is 0.526. The van der Waals surface area contributed by atoms with E-state index in [-0.39, 0.29) is 23.3 Å². The second kappa shape index (κ2) is 8.00. The fourth-order valence-corrected chi connectivity index (χ4v) is 5.63. The van der Waals surface area contributed by atoms with Crippen LogP contribution < -0.4 is 5.56 Å². The van der Waals surface area contributed by atoms with Gasteiger partial charge in [-0.05, 0) is 30.7 Å². The molecule has 8 nitrogen and oxygen atoms in total. The molecule has 0 bridgehead atoms. The number of nitrogens with one attached hydrogen (secondary N) is 1. The Morgan fingerprint density at radius 2 is 2.00 bits per heavy atom. The van der Waals surface area contributed by atoms with E-state index < -0.39 is 10.0 Å². The lowest BCUT2D eigenvalue weighted by Gasteiger charge is -2.31. The highest BCUT2D eigenvalue weighted by molar-refractivity contribution is 7.88. The van der Waals surface area contributed by atoms with Gasteiger partial charge in [-0.3, -0.25) is 9.59 Å². The van der Waals surface area contributed by atoms with Crippen molar-refractivity contribution in [3.05, 3.63) is 39.1 Å². The molecular formula is C19H24N4O4S2. The average molecular weight is 437 g/mol. The van der Waals surface area contributed by atoms with Gasteiger partial charge in [-0.25, -0.2) is 17.7 Å². The van der Waals surface area contributed by atoms with Crippen molar-refractivity contribution in [3.8, 4) is 11.3 Å². The van der Waals surface area contributed by atoms with Crippen LogP contribution in [-0.2, 0) is 14.8 Å². The van der Waals surface area contributed by atoms with Gasteiger partial charge < -0.3 is 9.88 Å². The highest BCUT2D eigenvalue weighted by atomic mass is 32.2. The Balaban J connectivity index is 1.42. The molecule has 1 atom stereocenters. The first-order valence-corrected chi connectivity index (χ1v) is 12.5. The summed E-state index contributed by atoms with van der Waals surface area (Å²) >= 11 is 1.55. The number of H-pyrrole nitrogens is 1. The predicted octanol–water partition coefficient (Wildman–Crippen LogP) is 1.49. The van der Waals surface area contributed by atoms with Crippen molar-refractivity contribution in [3.63, 3.8) is 0 Å². The molecule has 29 heavy (non-hydrogen) atoms. The molecule has 2 aromatic heterocycles. The molecule has 2 fully saturated rings. The van der Waals surface area contributed by atoms with Gasteiger partial charge in [0.25, 0.3) is 5.56 Å². The van der Waals surface area contributed by atoms with Crippen molar-refractivity contribution in [1.29, 1.82) is 0 Å². The third-order valence-electron chi connectivity index (χ3n) is 5.74. The van der Waals surface area contributed by atoms with Crippen LogP contribution in [0, 0.1) is 5.92 Å². The molecular weight excluding hydrogens is 412 g/mol. The average Bonchev–Trinajstić information content (AvgIpc) is 3.38. The quantitative estimate of drug-likeness (QED) is 0.782. The Bertz CT molecular complexity index is 1040. The van der Waals surface area contributed by atoms with Crippen molar-refractivity contribution < 1.29 is 13.2 Å². The lowest BCUT2D eigenvalue weighted by molar-refractivity contribution is -0.135. The van der Waals surface area contributed by atoms with Crippen molar-refractivity contribution in [1.82, 2.24) is 19.2 Å². The van der Waals surface area contributed by atoms with Gasteiger partial charge in [0.2, 0.25) is 15.9 Å². The number of hydrogen-bond donors (Lipinski definition) is 1. The van der Waals surface area contributed by atoms with Gasteiger partial charge in [-0.15, -0.1) is 0 Å². The zero-order valence-corrected chi connectivity index (χ0v) is 17.8. The Kier molecular flexibility index (Phi) is 5.58. The summed E-state index contributed by atoms with van der Waals surface area (Å²) in [5.41, 5.74) is 1.39. The minimum atomic E-state index is -3.20. The smallest absolute Gasteiger partial charge is 0.251 e. The van der Waals surface area contributed by atoms with E-state index in [1.165, 1.54) is 16.6 Å². The van der Waals surface area contributed by atoms with Crippen molar-refractivity contribution >= 4 is 27.3 Å². The normalized spacial score (nSPS) is 21.6. The minimum absolute atomic E-state index is 0.00124. The van der Waals surface area contributed by atoms with Gasteiger partial charge in [-0.2, -0.15) is 11.3 Å². The number of amides is 1. The second-order valence-corrected chi connectivity index (χ2v) is 10.5. The van der Waals surface area contributed by atoms with Crippen LogP contribution in [-0.4, -0.2) is 65.9 Å². The number of hydrogen-bond acceptors (Lipinski definition) is 6. The standard InChI is InChI=1S/C19H24N4O4S2/c1-29(26,27)23-7-3-13(4-8-23)19(25)22-6-2-14(11-22)18-20-16(10-17(24)21-18)15-5-9-28-12-15/h5,9-10,12-14H,2-4,6-8,11H2,1H3,(H,20,21,24)/t14-/m0/s1. The van der Waals surface area contributed by atoms with E-state index in [1.807, 2.05) is 21.7 Å². The van der Waals surface area contributed by atoms with E-state index in [4.69, 9.17) is 0 Å². The molecule has 10 heteroatoms. The summed E-state index contributed by atoms with van der Waals surface area (Å²) < 4.78 is 24.7. The SMILES string of the molecule is CS(=O)(=O)N1CCC(C(=O)N2CC[C@H](c3nc(-c4ccsc4)cc(=O)[nH]3)C2)CC1. The highest BCUT2D eigenvalue weighted by Crippen LogP contribution is 2.29. The van der Waals surface area contributed by atoms with Crippen molar-refractivity contribution in [2.75, 3.05) is 32.4 Å². The predicted molar refractivity (Wildman–Crippen MR) is 111 cm³/mol.